The molecule has 0 spiro atoms. The molecular weight excluding hydrogens is 334 g/mol. The number of aromatic nitrogens is 1. The van der Waals surface area contributed by atoms with Crippen LogP contribution in [0.25, 0.3) is 10.9 Å². The van der Waals surface area contributed by atoms with Gasteiger partial charge in [0, 0.05) is 23.7 Å². The van der Waals surface area contributed by atoms with Gasteiger partial charge in [-0.15, -0.1) is 12.4 Å². The maximum absolute atomic E-state index is 13.2. The molecule has 1 aromatic heterocycles. The number of aromatic amines is 1. The van der Waals surface area contributed by atoms with Crippen LogP contribution in [0.2, 0.25) is 0 Å². The molecule has 1 amide bonds. The Balaban J connectivity index is 0.00000182. The number of carbonyl (C=O) groups excluding carboxylic acids is 1. The molecule has 1 aliphatic heterocycles. The van der Waals surface area contributed by atoms with Crippen LogP contribution in [0, 0.1) is 11.8 Å². The van der Waals surface area contributed by atoms with Gasteiger partial charge in [-0.1, -0.05) is 24.6 Å². The largest absolute Gasteiger partial charge is 0.357 e. The summed E-state index contributed by atoms with van der Waals surface area (Å²) in [6.07, 6.45) is 6.62. The van der Waals surface area contributed by atoms with Gasteiger partial charge in [-0.2, -0.15) is 0 Å². The molecule has 25 heavy (non-hydrogen) atoms. The highest BCUT2D eigenvalue weighted by Crippen LogP contribution is 2.38. The summed E-state index contributed by atoms with van der Waals surface area (Å²) >= 11 is 0. The van der Waals surface area contributed by atoms with Crippen LogP contribution < -0.4 is 5.73 Å². The van der Waals surface area contributed by atoms with Crippen molar-refractivity contribution in [3.05, 3.63) is 36.0 Å². The normalized spacial score (nSPS) is 26.6. The van der Waals surface area contributed by atoms with E-state index < -0.39 is 0 Å². The van der Waals surface area contributed by atoms with E-state index in [2.05, 4.69) is 40.2 Å². The van der Waals surface area contributed by atoms with E-state index in [4.69, 9.17) is 5.73 Å². The summed E-state index contributed by atoms with van der Waals surface area (Å²) in [6, 6.07) is 10.8. The summed E-state index contributed by atoms with van der Waals surface area (Å²) in [6.45, 7) is 1.52. The lowest BCUT2D eigenvalue weighted by Crippen LogP contribution is -2.43. The number of carbonyl (C=O) groups is 1. The number of hydrogen-bond donors (Lipinski definition) is 2. The van der Waals surface area contributed by atoms with E-state index >= 15 is 0 Å². The molecule has 2 heterocycles. The van der Waals surface area contributed by atoms with E-state index in [1.165, 1.54) is 17.5 Å². The first kappa shape index (κ1) is 18.3. The number of H-pyrrole nitrogens is 1. The van der Waals surface area contributed by atoms with Crippen molar-refractivity contribution in [2.24, 2.45) is 17.6 Å². The van der Waals surface area contributed by atoms with Crippen LogP contribution in [0.15, 0.2) is 30.3 Å². The quantitative estimate of drug-likeness (QED) is 0.867. The zero-order valence-corrected chi connectivity index (χ0v) is 15.4. The summed E-state index contributed by atoms with van der Waals surface area (Å²) < 4.78 is 0. The second-order valence-electron chi connectivity index (χ2n) is 7.39. The molecule has 136 valence electrons. The van der Waals surface area contributed by atoms with Gasteiger partial charge in [0.1, 0.15) is 0 Å². The standard InChI is InChI=1S/C20H27N3O.ClH/c21-13-15-7-5-8-16(15)20(24)23-11-4-3-10-19(23)18-12-14-6-1-2-9-17(14)22-18;/h1-2,6,9,12,15-16,19,22H,3-5,7-8,10-11,13,21H2;1H/t15-,16-,19?;/m1./s1. The van der Waals surface area contributed by atoms with E-state index in [9.17, 15) is 4.79 Å². The lowest BCUT2D eigenvalue weighted by Gasteiger charge is -2.38. The van der Waals surface area contributed by atoms with Crippen LogP contribution in [0.4, 0.5) is 0 Å². The fourth-order valence-corrected chi connectivity index (χ4v) is 4.65. The van der Waals surface area contributed by atoms with Gasteiger partial charge in [0.25, 0.3) is 0 Å². The minimum absolute atomic E-state index is 0. The number of nitrogens with zero attached hydrogens (tertiary/aromatic N) is 1. The number of nitrogens with one attached hydrogen (secondary N) is 1. The smallest absolute Gasteiger partial charge is 0.226 e. The third-order valence-corrected chi connectivity index (χ3v) is 5.97. The Morgan fingerprint density at radius 1 is 1.16 bits per heavy atom. The third kappa shape index (κ3) is 3.42. The molecule has 1 unspecified atom stereocenters. The van der Waals surface area contributed by atoms with Crippen LogP contribution >= 0.6 is 12.4 Å². The number of benzene rings is 1. The number of likely N-dealkylation sites (tertiary alicyclic amines) is 1. The van der Waals surface area contributed by atoms with Gasteiger partial charge in [-0.25, -0.2) is 0 Å². The van der Waals surface area contributed by atoms with Crippen LogP contribution in [-0.2, 0) is 4.79 Å². The summed E-state index contributed by atoms with van der Waals surface area (Å²) in [4.78, 5) is 18.9. The molecule has 2 aliphatic rings. The van der Waals surface area contributed by atoms with Crippen molar-refractivity contribution < 1.29 is 4.79 Å². The van der Waals surface area contributed by atoms with Crippen LogP contribution in [-0.4, -0.2) is 28.9 Å². The average Bonchev–Trinajstić information content (AvgIpc) is 3.27. The Morgan fingerprint density at radius 2 is 2.00 bits per heavy atom. The van der Waals surface area contributed by atoms with Crippen LogP contribution in [0.5, 0.6) is 0 Å². The van der Waals surface area contributed by atoms with Gasteiger partial charge < -0.3 is 15.6 Å². The maximum atomic E-state index is 13.2. The van der Waals surface area contributed by atoms with Gasteiger partial charge in [0.2, 0.25) is 5.91 Å². The predicted octanol–water partition coefficient (Wildman–Crippen LogP) is 4.02. The lowest BCUT2D eigenvalue weighted by atomic mass is 9.91. The summed E-state index contributed by atoms with van der Waals surface area (Å²) in [7, 11) is 0. The number of rotatable bonds is 3. The first-order valence-corrected chi connectivity index (χ1v) is 9.36. The summed E-state index contributed by atoms with van der Waals surface area (Å²) in [5, 5.41) is 1.23. The fourth-order valence-electron chi connectivity index (χ4n) is 4.65. The topological polar surface area (TPSA) is 62.1 Å². The molecule has 4 nitrogen and oxygen atoms in total. The van der Waals surface area contributed by atoms with E-state index in [0.717, 1.165) is 44.2 Å². The highest BCUT2D eigenvalue weighted by atomic mass is 35.5. The maximum Gasteiger partial charge on any atom is 0.226 e. The molecule has 2 fully saturated rings. The summed E-state index contributed by atoms with van der Waals surface area (Å²) in [5.41, 5.74) is 8.26. The van der Waals surface area contributed by atoms with Crippen molar-refractivity contribution >= 4 is 29.2 Å². The van der Waals surface area contributed by atoms with Crippen LogP contribution in [0.1, 0.15) is 50.3 Å². The van der Waals surface area contributed by atoms with Crippen LogP contribution in [0.3, 0.4) is 0 Å². The predicted molar refractivity (Wildman–Crippen MR) is 104 cm³/mol. The molecule has 0 bridgehead atoms. The van der Waals surface area contributed by atoms with Gasteiger partial charge >= 0.3 is 0 Å². The fraction of sp³-hybridized carbons (Fsp3) is 0.550. The van der Waals surface area contributed by atoms with Crippen molar-refractivity contribution in [3.8, 4) is 0 Å². The van der Waals surface area contributed by atoms with Crippen molar-refractivity contribution in [2.75, 3.05) is 13.1 Å². The minimum Gasteiger partial charge on any atom is -0.357 e. The number of nitrogens with two attached hydrogens (primary N) is 1. The Morgan fingerprint density at radius 3 is 2.80 bits per heavy atom. The van der Waals surface area contributed by atoms with Gasteiger partial charge in [0.15, 0.2) is 0 Å². The number of para-hydroxylation sites is 1. The van der Waals surface area contributed by atoms with E-state index in [1.807, 2.05) is 0 Å². The number of halogens is 1. The minimum atomic E-state index is 0. The Kier molecular flexibility index (Phi) is 5.70. The zero-order chi connectivity index (χ0) is 16.5. The molecular formula is C20H28ClN3O. The molecule has 1 saturated carbocycles. The van der Waals surface area contributed by atoms with Crippen molar-refractivity contribution in [1.29, 1.82) is 0 Å². The van der Waals surface area contributed by atoms with Crippen molar-refractivity contribution in [3.63, 3.8) is 0 Å². The monoisotopic (exact) mass is 361 g/mol. The molecule has 1 saturated heterocycles. The molecule has 0 radical (unpaired) electrons. The third-order valence-electron chi connectivity index (χ3n) is 5.97. The number of piperidine rings is 1. The second kappa shape index (κ2) is 7.79. The van der Waals surface area contributed by atoms with E-state index in [0.29, 0.717) is 18.4 Å². The summed E-state index contributed by atoms with van der Waals surface area (Å²) in [5.74, 6) is 0.856. The zero-order valence-electron chi connectivity index (χ0n) is 14.6. The SMILES string of the molecule is Cl.NC[C@H]1CCC[C@H]1C(=O)N1CCCCC1c1cc2ccccc2[nH]1. The Hall–Kier alpha value is -1.52. The van der Waals surface area contributed by atoms with Crippen molar-refractivity contribution in [2.45, 2.75) is 44.6 Å². The van der Waals surface area contributed by atoms with Gasteiger partial charge in [-0.3, -0.25) is 4.79 Å². The number of hydrogen-bond acceptors (Lipinski definition) is 2. The highest BCUT2D eigenvalue weighted by Gasteiger charge is 2.38. The molecule has 1 aliphatic carbocycles. The van der Waals surface area contributed by atoms with E-state index in [1.54, 1.807) is 0 Å². The second-order valence-corrected chi connectivity index (χ2v) is 7.39. The number of fused-ring (bicyclic) bond motifs is 1. The molecule has 1 aromatic carbocycles. The average molecular weight is 362 g/mol. The first-order valence-electron chi connectivity index (χ1n) is 9.36. The van der Waals surface area contributed by atoms with Gasteiger partial charge in [-0.05, 0) is 62.1 Å². The Bertz CT molecular complexity index is 696. The number of amides is 1. The lowest BCUT2D eigenvalue weighted by molar-refractivity contribution is -0.140. The molecule has 3 atom stereocenters. The Labute approximate surface area is 155 Å². The molecule has 5 heteroatoms. The molecule has 4 rings (SSSR count). The first-order chi connectivity index (χ1) is 11.8. The molecule has 3 N–H and O–H groups in total. The molecule has 2 aromatic rings. The van der Waals surface area contributed by atoms with E-state index in [-0.39, 0.29) is 24.4 Å². The van der Waals surface area contributed by atoms with Crippen molar-refractivity contribution in [1.82, 2.24) is 9.88 Å². The van der Waals surface area contributed by atoms with Gasteiger partial charge in [0.05, 0.1) is 6.04 Å². The highest BCUT2D eigenvalue weighted by molar-refractivity contribution is 5.85.